The Morgan fingerprint density at radius 2 is 2.00 bits per heavy atom. The van der Waals surface area contributed by atoms with Crippen molar-refractivity contribution in [3.05, 3.63) is 23.3 Å². The summed E-state index contributed by atoms with van der Waals surface area (Å²) in [7, 11) is 0. The Labute approximate surface area is 74.4 Å². The van der Waals surface area contributed by atoms with Crippen LogP contribution in [0.3, 0.4) is 0 Å². The van der Waals surface area contributed by atoms with E-state index in [9.17, 15) is 4.79 Å². The van der Waals surface area contributed by atoms with E-state index in [1.165, 1.54) is 0 Å². The van der Waals surface area contributed by atoms with Gasteiger partial charge in [-0.2, -0.15) is 0 Å². The van der Waals surface area contributed by atoms with Crippen molar-refractivity contribution in [1.29, 1.82) is 0 Å². The lowest BCUT2D eigenvalue weighted by molar-refractivity contribution is -0.116. The first-order valence-electron chi connectivity index (χ1n) is 4.36. The Morgan fingerprint density at radius 1 is 1.42 bits per heavy atom. The second-order valence-electron chi connectivity index (χ2n) is 2.38. The highest BCUT2D eigenvalue weighted by Gasteiger charge is 2.15. The van der Waals surface area contributed by atoms with Gasteiger partial charge in [-0.15, -0.1) is 0 Å². The minimum Gasteiger partial charge on any atom is -0.348 e. The summed E-state index contributed by atoms with van der Waals surface area (Å²) in [5.41, 5.74) is 1.95. The Kier molecular flexibility index (Phi) is 5.09. The van der Waals surface area contributed by atoms with Gasteiger partial charge in [-0.05, 0) is 19.4 Å². The Hall–Kier alpha value is -1.05. The molecule has 0 fully saturated rings. The quantitative estimate of drug-likeness (QED) is 0.636. The summed E-state index contributed by atoms with van der Waals surface area (Å²) in [5, 5.41) is 2.74. The van der Waals surface area contributed by atoms with E-state index < -0.39 is 0 Å². The van der Waals surface area contributed by atoms with Crippen molar-refractivity contribution in [2.75, 3.05) is 6.54 Å². The first-order chi connectivity index (χ1) is 5.75. The van der Waals surface area contributed by atoms with Gasteiger partial charge in [0.25, 0.3) is 5.91 Å². The topological polar surface area (TPSA) is 29.1 Å². The van der Waals surface area contributed by atoms with Gasteiger partial charge in [0, 0.05) is 12.1 Å². The maximum atomic E-state index is 11.0. The molecular weight excluding hydrogens is 150 g/mol. The molecule has 2 heteroatoms. The average molecular weight is 167 g/mol. The van der Waals surface area contributed by atoms with E-state index in [0.29, 0.717) is 6.54 Å². The molecule has 68 valence electrons. The second-order valence-corrected chi connectivity index (χ2v) is 2.38. The average Bonchev–Trinajstić information content (AvgIpc) is 2.40. The van der Waals surface area contributed by atoms with Crippen LogP contribution >= 0.6 is 0 Å². The minimum atomic E-state index is 0.0515. The first-order valence-corrected chi connectivity index (χ1v) is 4.36. The number of hydrogen-bond acceptors (Lipinski definition) is 1. The van der Waals surface area contributed by atoms with Crippen LogP contribution in [-0.2, 0) is 4.79 Å². The molecule has 0 aromatic rings. The van der Waals surface area contributed by atoms with Crippen molar-refractivity contribution < 1.29 is 4.79 Å². The molecule has 0 aromatic heterocycles. The van der Waals surface area contributed by atoms with Crippen LogP contribution in [-0.4, -0.2) is 12.5 Å². The smallest absolute Gasteiger partial charge is 0.251 e. The van der Waals surface area contributed by atoms with E-state index in [-0.39, 0.29) is 5.91 Å². The normalized spacial score (nSPS) is 16.2. The van der Waals surface area contributed by atoms with Crippen LogP contribution in [0.5, 0.6) is 0 Å². The molecule has 0 bridgehead atoms. The monoisotopic (exact) mass is 167 g/mol. The lowest BCUT2D eigenvalue weighted by atomic mass is 10.1. The van der Waals surface area contributed by atoms with Crippen LogP contribution in [0.4, 0.5) is 0 Å². The minimum absolute atomic E-state index is 0.0515. The van der Waals surface area contributed by atoms with Gasteiger partial charge >= 0.3 is 0 Å². The van der Waals surface area contributed by atoms with Crippen molar-refractivity contribution >= 4 is 5.91 Å². The molecule has 0 saturated heterocycles. The molecule has 2 nitrogen and oxygen atoms in total. The van der Waals surface area contributed by atoms with Crippen molar-refractivity contribution in [3.63, 3.8) is 0 Å². The van der Waals surface area contributed by atoms with Crippen molar-refractivity contribution in [1.82, 2.24) is 5.32 Å². The summed E-state index contributed by atoms with van der Waals surface area (Å²) in [4.78, 5) is 11.0. The highest BCUT2D eigenvalue weighted by Crippen LogP contribution is 2.10. The molecule has 1 rings (SSSR count). The van der Waals surface area contributed by atoms with Crippen LogP contribution < -0.4 is 5.32 Å². The molecule has 1 aliphatic heterocycles. The zero-order chi connectivity index (χ0) is 9.56. The summed E-state index contributed by atoms with van der Waals surface area (Å²) in [6.07, 6.45) is 3.72. The summed E-state index contributed by atoms with van der Waals surface area (Å²) in [5.74, 6) is 0.0515. The fraction of sp³-hybridized carbons (Fsp3) is 0.500. The fourth-order valence-electron chi connectivity index (χ4n) is 0.982. The van der Waals surface area contributed by atoms with Crippen LogP contribution in [0.2, 0.25) is 0 Å². The Balaban J connectivity index is 0.000000561. The molecule has 1 N–H and O–H groups in total. The number of amides is 1. The lowest BCUT2D eigenvalue weighted by Crippen LogP contribution is -2.16. The lowest BCUT2D eigenvalue weighted by Gasteiger charge is -1.89. The van der Waals surface area contributed by atoms with E-state index in [0.717, 1.165) is 11.1 Å². The molecule has 1 amide bonds. The van der Waals surface area contributed by atoms with Gasteiger partial charge in [0.05, 0.1) is 0 Å². The number of rotatable bonds is 1. The third-order valence-electron chi connectivity index (χ3n) is 1.55. The first kappa shape index (κ1) is 11.0. The number of carbonyl (C=O) groups excluding carboxylic acids is 1. The zero-order valence-electron chi connectivity index (χ0n) is 8.27. The van der Waals surface area contributed by atoms with Gasteiger partial charge in [-0.3, -0.25) is 4.79 Å². The van der Waals surface area contributed by atoms with E-state index >= 15 is 0 Å². The number of nitrogens with one attached hydrogen (secondary N) is 1. The van der Waals surface area contributed by atoms with Crippen molar-refractivity contribution in [3.8, 4) is 0 Å². The Bertz CT molecular complexity index is 214. The maximum absolute atomic E-state index is 11.0. The molecule has 0 aliphatic carbocycles. The second kappa shape index (κ2) is 5.58. The van der Waals surface area contributed by atoms with E-state index in [1.54, 1.807) is 0 Å². The molecule has 0 saturated carbocycles. The van der Waals surface area contributed by atoms with E-state index in [2.05, 4.69) is 5.32 Å². The summed E-state index contributed by atoms with van der Waals surface area (Å²) < 4.78 is 0. The number of allylic oxidation sites excluding steroid dienone is 1. The van der Waals surface area contributed by atoms with Gasteiger partial charge in [-0.25, -0.2) is 0 Å². The Morgan fingerprint density at radius 3 is 2.33 bits per heavy atom. The predicted octanol–water partition coefficient (Wildman–Crippen LogP) is 2.04. The highest BCUT2D eigenvalue weighted by molar-refractivity contribution is 5.99. The van der Waals surface area contributed by atoms with Gasteiger partial charge in [0.1, 0.15) is 0 Å². The van der Waals surface area contributed by atoms with Crippen molar-refractivity contribution in [2.24, 2.45) is 0 Å². The molecule has 1 heterocycles. The molecule has 1 aliphatic rings. The van der Waals surface area contributed by atoms with Gasteiger partial charge in [-0.1, -0.05) is 26.0 Å². The summed E-state index contributed by atoms with van der Waals surface area (Å²) in [6.45, 7) is 8.58. The molecule has 0 aromatic carbocycles. The molecule has 12 heavy (non-hydrogen) atoms. The molecule has 0 unspecified atom stereocenters. The maximum Gasteiger partial charge on any atom is 0.251 e. The van der Waals surface area contributed by atoms with Crippen LogP contribution in [0, 0.1) is 0 Å². The fourth-order valence-corrected chi connectivity index (χ4v) is 0.982. The predicted molar refractivity (Wildman–Crippen MR) is 51.9 cm³/mol. The largest absolute Gasteiger partial charge is 0.348 e. The molecule has 0 spiro atoms. The third-order valence-corrected chi connectivity index (χ3v) is 1.55. The standard InChI is InChI=1S/C8H11NO.C2H6/c1-3-4-7-6(2)5-9-8(7)10;1-2/h3-4H,5H2,1-2H3,(H,9,10);1-2H3/b4-3-;. The molecule has 0 atom stereocenters. The molecule has 0 radical (unpaired) electrons. The summed E-state index contributed by atoms with van der Waals surface area (Å²) in [6, 6.07) is 0. The number of hydrogen-bond donors (Lipinski definition) is 1. The van der Waals surface area contributed by atoms with Crippen LogP contribution in [0.15, 0.2) is 23.3 Å². The van der Waals surface area contributed by atoms with Crippen LogP contribution in [0.25, 0.3) is 0 Å². The van der Waals surface area contributed by atoms with E-state index in [4.69, 9.17) is 0 Å². The number of carbonyl (C=O) groups is 1. The van der Waals surface area contributed by atoms with E-state index in [1.807, 2.05) is 39.8 Å². The summed E-state index contributed by atoms with van der Waals surface area (Å²) >= 11 is 0. The third kappa shape index (κ3) is 2.53. The SMILES string of the molecule is C/C=C\C1=C(C)CNC1=O.CC. The molecular formula is C10H17NO. The van der Waals surface area contributed by atoms with Crippen LogP contribution in [0.1, 0.15) is 27.7 Å². The highest BCUT2D eigenvalue weighted by atomic mass is 16.1. The van der Waals surface area contributed by atoms with Gasteiger partial charge < -0.3 is 5.32 Å². The zero-order valence-corrected chi connectivity index (χ0v) is 8.27. The van der Waals surface area contributed by atoms with Gasteiger partial charge in [0.2, 0.25) is 0 Å². The van der Waals surface area contributed by atoms with Crippen molar-refractivity contribution in [2.45, 2.75) is 27.7 Å². The van der Waals surface area contributed by atoms with Gasteiger partial charge in [0.15, 0.2) is 0 Å².